The number of benzene rings is 2. The molecule has 44 heavy (non-hydrogen) atoms. The maximum atomic E-state index is 13.7. The summed E-state index contributed by atoms with van der Waals surface area (Å²) in [5.74, 6) is -0.416. The van der Waals surface area contributed by atoms with E-state index in [4.69, 9.17) is 9.47 Å². The fourth-order valence-electron chi connectivity index (χ4n) is 5.67. The minimum absolute atomic E-state index is 0.0274. The fraction of sp³-hybridized carbons (Fsp3) is 0.438. The lowest BCUT2D eigenvalue weighted by atomic mass is 10.0. The maximum absolute atomic E-state index is 13.7. The molecular weight excluding hydrogens is 601 g/mol. The van der Waals surface area contributed by atoms with Gasteiger partial charge in [0.05, 0.1) is 23.7 Å². The molecule has 2 amide bonds. The number of nitrogens with zero attached hydrogens (tertiary/aromatic N) is 3. The normalized spacial score (nSPS) is 15.5. The van der Waals surface area contributed by atoms with Gasteiger partial charge in [-0.2, -0.15) is 4.31 Å². The van der Waals surface area contributed by atoms with Gasteiger partial charge >= 0.3 is 0 Å². The fourth-order valence-corrected chi connectivity index (χ4v) is 8.35. The van der Waals surface area contributed by atoms with Gasteiger partial charge in [-0.1, -0.05) is 30.3 Å². The molecule has 5 rings (SSSR count). The van der Waals surface area contributed by atoms with Crippen LogP contribution in [0, 0.1) is 0 Å². The molecule has 0 aliphatic carbocycles. The summed E-state index contributed by atoms with van der Waals surface area (Å²) in [4.78, 5) is 32.6. The van der Waals surface area contributed by atoms with Crippen LogP contribution < -0.4 is 5.32 Å². The van der Waals surface area contributed by atoms with Gasteiger partial charge in [0.25, 0.3) is 11.8 Å². The van der Waals surface area contributed by atoms with Crippen LogP contribution in [0.2, 0.25) is 0 Å². The highest BCUT2D eigenvalue weighted by molar-refractivity contribution is 7.89. The number of carbonyl (C=O) groups excluding carboxylic acids is 2. The minimum atomic E-state index is -3.82. The predicted octanol–water partition coefficient (Wildman–Crippen LogP) is 4.08. The lowest BCUT2D eigenvalue weighted by Gasteiger charge is -2.27. The molecule has 3 heterocycles. The number of methoxy groups -OCH3 is 2. The third-order valence-corrected chi connectivity index (χ3v) is 11.1. The van der Waals surface area contributed by atoms with Gasteiger partial charge in [-0.05, 0) is 54.7 Å². The molecule has 0 unspecified atom stereocenters. The SMILES string of the molecule is COCCN(CCOC)S(=O)(=O)c1ccc(C(=O)Nc2sc3c(c2C(=O)N2CCCC2)CCN(Cc2ccccc2)C3)cc1. The van der Waals surface area contributed by atoms with Gasteiger partial charge in [-0.3, -0.25) is 14.5 Å². The first-order valence-electron chi connectivity index (χ1n) is 14.9. The Balaban J connectivity index is 1.36. The summed E-state index contributed by atoms with van der Waals surface area (Å²) in [6, 6.07) is 16.2. The van der Waals surface area contributed by atoms with Crippen molar-refractivity contribution in [1.29, 1.82) is 0 Å². The number of hydrogen-bond acceptors (Lipinski definition) is 8. The summed E-state index contributed by atoms with van der Waals surface area (Å²) in [5.41, 5.74) is 3.17. The van der Waals surface area contributed by atoms with Gasteiger partial charge in [0.2, 0.25) is 10.0 Å². The third-order valence-electron chi connectivity index (χ3n) is 8.06. The standard InChI is InChI=1S/C32H40N4O6S2/c1-41-20-18-36(19-21-42-2)44(39,40)26-12-10-25(11-13-26)30(37)33-31-29(32(38)35-15-6-7-16-35)27-14-17-34(23-28(27)43-31)22-24-8-4-3-5-9-24/h3-5,8-13H,6-7,14-23H2,1-2H3,(H,33,37). The Morgan fingerprint density at radius 3 is 2.23 bits per heavy atom. The second-order valence-electron chi connectivity index (χ2n) is 11.0. The van der Waals surface area contributed by atoms with Gasteiger partial charge in [-0.15, -0.1) is 11.3 Å². The summed E-state index contributed by atoms with van der Waals surface area (Å²) in [7, 11) is -0.781. The van der Waals surface area contributed by atoms with Crippen molar-refractivity contribution in [2.75, 3.05) is 65.5 Å². The zero-order valence-electron chi connectivity index (χ0n) is 25.3. The Morgan fingerprint density at radius 2 is 1.59 bits per heavy atom. The van der Waals surface area contributed by atoms with E-state index in [1.165, 1.54) is 59.7 Å². The third kappa shape index (κ3) is 7.39. The van der Waals surface area contributed by atoms with Crippen molar-refractivity contribution in [3.05, 3.63) is 81.7 Å². The van der Waals surface area contributed by atoms with E-state index in [0.717, 1.165) is 55.9 Å². The minimum Gasteiger partial charge on any atom is -0.383 e. The molecule has 0 bridgehead atoms. The highest BCUT2D eigenvalue weighted by atomic mass is 32.2. The van der Waals surface area contributed by atoms with Crippen LogP contribution in [0.5, 0.6) is 0 Å². The molecule has 1 aromatic heterocycles. The Bertz CT molecular complexity index is 1530. The van der Waals surface area contributed by atoms with Gasteiger partial charge < -0.3 is 19.7 Å². The Labute approximate surface area is 263 Å². The second-order valence-corrected chi connectivity index (χ2v) is 14.1. The van der Waals surface area contributed by atoms with E-state index in [1.807, 2.05) is 23.1 Å². The molecule has 1 fully saturated rings. The first kappa shape index (κ1) is 32.3. The number of thiophene rings is 1. The van der Waals surface area contributed by atoms with Gasteiger partial charge in [0.1, 0.15) is 5.00 Å². The van der Waals surface area contributed by atoms with Crippen molar-refractivity contribution in [3.63, 3.8) is 0 Å². The predicted molar refractivity (Wildman–Crippen MR) is 171 cm³/mol. The lowest BCUT2D eigenvalue weighted by Crippen LogP contribution is -2.36. The van der Waals surface area contributed by atoms with E-state index >= 15 is 0 Å². The molecule has 236 valence electrons. The highest BCUT2D eigenvalue weighted by Crippen LogP contribution is 2.39. The van der Waals surface area contributed by atoms with Crippen LogP contribution in [0.4, 0.5) is 5.00 Å². The van der Waals surface area contributed by atoms with E-state index in [0.29, 0.717) is 22.7 Å². The van der Waals surface area contributed by atoms with Crippen LogP contribution in [0.15, 0.2) is 59.5 Å². The molecule has 0 radical (unpaired) electrons. The van der Waals surface area contributed by atoms with Crippen molar-refractivity contribution in [1.82, 2.24) is 14.1 Å². The number of hydrogen-bond donors (Lipinski definition) is 1. The zero-order chi connectivity index (χ0) is 31.1. The molecule has 12 heteroatoms. The summed E-state index contributed by atoms with van der Waals surface area (Å²) in [6.07, 6.45) is 2.70. The smallest absolute Gasteiger partial charge is 0.257 e. The Kier molecular flexibility index (Phi) is 10.8. The Hall–Kier alpha value is -3.13. The topological polar surface area (TPSA) is 108 Å². The molecule has 1 saturated heterocycles. The monoisotopic (exact) mass is 640 g/mol. The van der Waals surface area contributed by atoms with Crippen molar-refractivity contribution in [2.45, 2.75) is 37.2 Å². The van der Waals surface area contributed by atoms with E-state index in [9.17, 15) is 18.0 Å². The van der Waals surface area contributed by atoms with Gasteiger partial charge in [-0.25, -0.2) is 8.42 Å². The molecule has 1 N–H and O–H groups in total. The van der Waals surface area contributed by atoms with Crippen molar-refractivity contribution in [2.24, 2.45) is 0 Å². The number of sulfonamides is 1. The number of fused-ring (bicyclic) bond motifs is 1. The number of ether oxygens (including phenoxy) is 2. The summed E-state index contributed by atoms with van der Waals surface area (Å²) >= 11 is 1.47. The van der Waals surface area contributed by atoms with Crippen LogP contribution in [0.1, 0.15) is 49.6 Å². The van der Waals surface area contributed by atoms with Crippen LogP contribution in [0.25, 0.3) is 0 Å². The average Bonchev–Trinajstić information content (AvgIpc) is 3.69. The van der Waals surface area contributed by atoms with E-state index < -0.39 is 10.0 Å². The molecular formula is C32H40N4O6S2. The van der Waals surface area contributed by atoms with E-state index in [-0.39, 0.29) is 43.0 Å². The van der Waals surface area contributed by atoms with Crippen LogP contribution >= 0.6 is 11.3 Å². The van der Waals surface area contributed by atoms with Gasteiger partial charge in [0, 0.05) is 70.5 Å². The lowest BCUT2D eigenvalue weighted by molar-refractivity contribution is 0.0792. The molecule has 2 aliphatic rings. The number of anilines is 1. The number of likely N-dealkylation sites (tertiary alicyclic amines) is 1. The van der Waals surface area contributed by atoms with Crippen molar-refractivity contribution < 1.29 is 27.5 Å². The van der Waals surface area contributed by atoms with Crippen LogP contribution in [0.3, 0.4) is 0 Å². The van der Waals surface area contributed by atoms with Crippen molar-refractivity contribution >= 4 is 38.2 Å². The average molecular weight is 641 g/mol. The Morgan fingerprint density at radius 1 is 0.932 bits per heavy atom. The first-order valence-corrected chi connectivity index (χ1v) is 17.2. The summed E-state index contributed by atoms with van der Waals surface area (Å²) in [5, 5.41) is 3.57. The number of carbonyl (C=O) groups is 2. The molecule has 3 aromatic rings. The number of nitrogens with one attached hydrogen (secondary N) is 1. The molecule has 2 aromatic carbocycles. The van der Waals surface area contributed by atoms with Gasteiger partial charge in [0.15, 0.2) is 0 Å². The van der Waals surface area contributed by atoms with Crippen LogP contribution in [-0.4, -0.2) is 94.5 Å². The first-order chi connectivity index (χ1) is 21.3. The highest BCUT2D eigenvalue weighted by Gasteiger charge is 2.32. The molecule has 10 nitrogen and oxygen atoms in total. The summed E-state index contributed by atoms with van der Waals surface area (Å²) in [6.45, 7) is 4.66. The number of amides is 2. The molecule has 0 saturated carbocycles. The van der Waals surface area contributed by atoms with Crippen LogP contribution in [-0.2, 0) is 39.0 Å². The van der Waals surface area contributed by atoms with E-state index in [1.54, 1.807) is 0 Å². The van der Waals surface area contributed by atoms with E-state index in [2.05, 4.69) is 22.3 Å². The molecule has 0 atom stereocenters. The largest absolute Gasteiger partial charge is 0.383 e. The quantitative estimate of drug-likeness (QED) is 0.300. The second kappa shape index (κ2) is 14.8. The zero-order valence-corrected chi connectivity index (χ0v) is 26.9. The number of rotatable bonds is 13. The van der Waals surface area contributed by atoms with Crippen molar-refractivity contribution in [3.8, 4) is 0 Å². The summed E-state index contributed by atoms with van der Waals surface area (Å²) < 4.78 is 38.0. The molecule has 0 spiro atoms. The molecule has 2 aliphatic heterocycles. The maximum Gasteiger partial charge on any atom is 0.257 e.